The number of hydrogen-bond donors (Lipinski definition) is 1. The molecule has 0 aliphatic heterocycles. The molecule has 1 N–H and O–H groups in total. The van der Waals surface area contributed by atoms with Crippen molar-refractivity contribution in [3.05, 3.63) is 19.1 Å². The highest BCUT2D eigenvalue weighted by Gasteiger charge is 1.74. The zero-order chi connectivity index (χ0) is 5.54. The van der Waals surface area contributed by atoms with Crippen LogP contribution in [0.25, 0.3) is 0 Å². The molecule has 0 saturated heterocycles. The summed E-state index contributed by atoms with van der Waals surface area (Å²) in [7, 11) is 0. The third kappa shape index (κ3) is 5.70. The molecule has 0 fully saturated rings. The molecule has 1 nitrogen and oxygen atoms in total. The van der Waals surface area contributed by atoms with Crippen LogP contribution in [0, 0.1) is 6.92 Å². The zero-order valence-electron chi connectivity index (χ0n) is 4.30. The van der Waals surface area contributed by atoms with E-state index in [4.69, 9.17) is 12.0 Å². The lowest BCUT2D eigenvalue weighted by Gasteiger charge is -1.83. The first-order valence-corrected chi connectivity index (χ1v) is 2.39. The lowest BCUT2D eigenvalue weighted by atomic mass is 10.3. The minimum absolute atomic E-state index is 0.254. The topological polar surface area (TPSA) is 20.2 Å². The molecule has 40 valence electrons. The molecule has 0 rings (SSSR count). The maximum atomic E-state index is 8.22. The molecule has 0 aromatic heterocycles. The van der Waals surface area contributed by atoms with Crippen LogP contribution in [0.2, 0.25) is 0 Å². The van der Waals surface area contributed by atoms with Crippen molar-refractivity contribution in [2.75, 3.05) is 6.61 Å². The van der Waals surface area contributed by atoms with Crippen LogP contribution in [0.1, 0.15) is 12.8 Å². The van der Waals surface area contributed by atoms with Crippen molar-refractivity contribution in [3.63, 3.8) is 0 Å². The van der Waals surface area contributed by atoms with Crippen LogP contribution in [0.15, 0.2) is 12.2 Å². The summed E-state index contributed by atoms with van der Waals surface area (Å²) in [5, 5.41) is 8.22. The van der Waals surface area contributed by atoms with E-state index in [2.05, 4.69) is 0 Å². The van der Waals surface area contributed by atoms with Crippen LogP contribution in [0.4, 0.5) is 0 Å². The molecule has 0 atom stereocenters. The van der Waals surface area contributed by atoms with Gasteiger partial charge in [0.1, 0.15) is 0 Å². The van der Waals surface area contributed by atoms with Crippen molar-refractivity contribution in [2.45, 2.75) is 12.8 Å². The summed E-state index contributed by atoms with van der Waals surface area (Å²) in [6.07, 6.45) is 5.02. The van der Waals surface area contributed by atoms with Crippen LogP contribution < -0.4 is 0 Å². The standard InChI is InChI=1S/C6H10O/c1-2-3-4-5-6-7/h1-3,7H,4-6H2/b3-2+. The van der Waals surface area contributed by atoms with Gasteiger partial charge in [-0.1, -0.05) is 12.2 Å². The number of allylic oxidation sites excluding steroid dienone is 2. The number of hydrogen-bond acceptors (Lipinski definition) is 1. The summed E-state index contributed by atoms with van der Waals surface area (Å²) in [4.78, 5) is 0. The molecule has 0 aromatic carbocycles. The lowest BCUT2D eigenvalue weighted by Crippen LogP contribution is -1.77. The zero-order valence-corrected chi connectivity index (χ0v) is 4.30. The van der Waals surface area contributed by atoms with Gasteiger partial charge in [0.25, 0.3) is 0 Å². The van der Waals surface area contributed by atoms with Gasteiger partial charge in [0.15, 0.2) is 0 Å². The highest BCUT2D eigenvalue weighted by atomic mass is 16.2. The Labute approximate surface area is 44.7 Å². The summed E-state index contributed by atoms with van der Waals surface area (Å²) >= 11 is 0. The van der Waals surface area contributed by atoms with E-state index in [1.807, 2.05) is 6.08 Å². The van der Waals surface area contributed by atoms with E-state index in [0.29, 0.717) is 0 Å². The third-order valence-electron chi connectivity index (χ3n) is 0.665. The second kappa shape index (κ2) is 5.70. The minimum atomic E-state index is 0.254. The fraction of sp³-hybridized carbons (Fsp3) is 0.500. The molecule has 0 aliphatic carbocycles. The molecule has 2 radical (unpaired) electrons. The first-order chi connectivity index (χ1) is 3.41. The molecule has 0 heterocycles. The van der Waals surface area contributed by atoms with Crippen LogP contribution in [-0.2, 0) is 0 Å². The van der Waals surface area contributed by atoms with Gasteiger partial charge < -0.3 is 5.11 Å². The summed E-state index contributed by atoms with van der Waals surface area (Å²) in [6, 6.07) is 0. The molecule has 0 amide bonds. The van der Waals surface area contributed by atoms with Gasteiger partial charge in [0, 0.05) is 6.61 Å². The molecule has 0 unspecified atom stereocenters. The predicted molar refractivity (Wildman–Crippen MR) is 29.8 cm³/mol. The smallest absolute Gasteiger partial charge is 0.0433 e. The minimum Gasteiger partial charge on any atom is -0.396 e. The van der Waals surface area contributed by atoms with Crippen molar-refractivity contribution < 1.29 is 5.11 Å². The van der Waals surface area contributed by atoms with E-state index in [1.54, 1.807) is 0 Å². The van der Waals surface area contributed by atoms with Crippen molar-refractivity contribution in [1.82, 2.24) is 0 Å². The molecule has 0 bridgehead atoms. The quantitative estimate of drug-likeness (QED) is 0.522. The predicted octanol–water partition coefficient (Wildman–Crippen LogP) is 1.03. The van der Waals surface area contributed by atoms with Crippen LogP contribution in [0.3, 0.4) is 0 Å². The average Bonchev–Trinajstić information content (AvgIpc) is 1.69. The van der Waals surface area contributed by atoms with Gasteiger partial charge in [0.05, 0.1) is 0 Å². The normalized spacial score (nSPS) is 10.6. The average molecular weight is 98.1 g/mol. The fourth-order valence-corrected chi connectivity index (χ4v) is 0.305. The van der Waals surface area contributed by atoms with E-state index >= 15 is 0 Å². The van der Waals surface area contributed by atoms with Gasteiger partial charge in [-0.05, 0) is 19.8 Å². The Bertz CT molecular complexity index is 48.1. The van der Waals surface area contributed by atoms with Crippen LogP contribution in [-0.4, -0.2) is 11.7 Å². The summed E-state index contributed by atoms with van der Waals surface area (Å²) in [6.45, 7) is 5.26. The number of aliphatic hydroxyl groups is 1. The number of unbranched alkanes of at least 4 members (excludes halogenated alkanes) is 1. The molecular formula is C6H10O. The Morgan fingerprint density at radius 1 is 1.57 bits per heavy atom. The Morgan fingerprint density at radius 3 is 2.71 bits per heavy atom. The maximum absolute atomic E-state index is 8.22. The Morgan fingerprint density at radius 2 is 2.29 bits per heavy atom. The maximum Gasteiger partial charge on any atom is 0.0433 e. The highest BCUT2D eigenvalue weighted by Crippen LogP contribution is 1.86. The first kappa shape index (κ1) is 6.70. The molecule has 1 heteroatoms. The van der Waals surface area contributed by atoms with Gasteiger partial charge in [-0.2, -0.15) is 0 Å². The molecule has 7 heavy (non-hydrogen) atoms. The van der Waals surface area contributed by atoms with Crippen molar-refractivity contribution in [3.8, 4) is 0 Å². The number of aliphatic hydroxyl groups excluding tert-OH is 1. The van der Waals surface area contributed by atoms with Crippen LogP contribution in [0.5, 0.6) is 0 Å². The van der Waals surface area contributed by atoms with E-state index in [-0.39, 0.29) is 6.61 Å². The largest absolute Gasteiger partial charge is 0.396 e. The summed E-state index contributed by atoms with van der Waals surface area (Å²) in [5.41, 5.74) is 0. The monoisotopic (exact) mass is 98.1 g/mol. The van der Waals surface area contributed by atoms with Gasteiger partial charge in [0.2, 0.25) is 0 Å². The molecule has 0 saturated carbocycles. The Balaban J connectivity index is 2.69. The van der Waals surface area contributed by atoms with Crippen molar-refractivity contribution in [2.24, 2.45) is 0 Å². The second-order valence-electron chi connectivity index (χ2n) is 1.29. The molecule has 0 spiro atoms. The van der Waals surface area contributed by atoms with Gasteiger partial charge in [-0.15, -0.1) is 0 Å². The van der Waals surface area contributed by atoms with Gasteiger partial charge >= 0.3 is 0 Å². The van der Waals surface area contributed by atoms with E-state index in [9.17, 15) is 0 Å². The first-order valence-electron chi connectivity index (χ1n) is 2.39. The third-order valence-corrected chi connectivity index (χ3v) is 0.665. The van der Waals surface area contributed by atoms with E-state index in [1.165, 1.54) is 6.08 Å². The fourth-order valence-electron chi connectivity index (χ4n) is 0.305. The SMILES string of the molecule is [CH]/C=C/CCCO. The highest BCUT2D eigenvalue weighted by molar-refractivity contribution is 4.82. The molecular weight excluding hydrogens is 88.1 g/mol. The summed E-state index contributed by atoms with van der Waals surface area (Å²) in [5.74, 6) is 0. The second-order valence-corrected chi connectivity index (χ2v) is 1.29. The summed E-state index contributed by atoms with van der Waals surface area (Å²) < 4.78 is 0. The Hall–Kier alpha value is -0.300. The van der Waals surface area contributed by atoms with Crippen molar-refractivity contribution >= 4 is 0 Å². The van der Waals surface area contributed by atoms with Gasteiger partial charge in [-0.3, -0.25) is 0 Å². The van der Waals surface area contributed by atoms with E-state index < -0.39 is 0 Å². The van der Waals surface area contributed by atoms with Crippen molar-refractivity contribution in [1.29, 1.82) is 0 Å². The Kier molecular flexibility index (Phi) is 5.46. The van der Waals surface area contributed by atoms with Crippen LogP contribution >= 0.6 is 0 Å². The molecule has 0 aliphatic rings. The van der Waals surface area contributed by atoms with E-state index in [0.717, 1.165) is 12.8 Å². The van der Waals surface area contributed by atoms with Gasteiger partial charge in [-0.25, -0.2) is 0 Å². The molecule has 0 aromatic rings. The number of rotatable bonds is 3. The lowest BCUT2D eigenvalue weighted by molar-refractivity contribution is 0.289.